The number of hydrogen-bond acceptors (Lipinski definition) is 5. The van der Waals surface area contributed by atoms with Gasteiger partial charge >= 0.3 is 6.01 Å². The summed E-state index contributed by atoms with van der Waals surface area (Å²) < 4.78 is 10.9. The second-order valence-corrected chi connectivity index (χ2v) is 3.49. The highest BCUT2D eigenvalue weighted by molar-refractivity contribution is 5.03. The molecule has 1 saturated heterocycles. The molecule has 0 aliphatic carbocycles. The molecule has 2 heterocycles. The monoisotopic (exact) mass is 209 g/mol. The second-order valence-electron chi connectivity index (χ2n) is 3.49. The second kappa shape index (κ2) is 5.04. The van der Waals surface area contributed by atoms with Crippen molar-refractivity contribution in [3.8, 4) is 6.01 Å². The van der Waals surface area contributed by atoms with Crippen molar-refractivity contribution in [1.82, 2.24) is 15.3 Å². The van der Waals surface area contributed by atoms with Crippen molar-refractivity contribution in [2.24, 2.45) is 0 Å². The Morgan fingerprint density at radius 2 is 2.60 bits per heavy atom. The summed E-state index contributed by atoms with van der Waals surface area (Å²) in [6, 6.07) is 2.26. The van der Waals surface area contributed by atoms with Crippen molar-refractivity contribution in [1.29, 1.82) is 0 Å². The van der Waals surface area contributed by atoms with Crippen molar-refractivity contribution >= 4 is 0 Å². The molecule has 5 nitrogen and oxygen atoms in total. The van der Waals surface area contributed by atoms with Crippen LogP contribution in [0.1, 0.15) is 5.69 Å². The third-order valence-electron chi connectivity index (χ3n) is 2.18. The van der Waals surface area contributed by atoms with Crippen LogP contribution in [0.4, 0.5) is 0 Å². The third-order valence-corrected chi connectivity index (χ3v) is 2.18. The number of rotatable bonds is 3. The van der Waals surface area contributed by atoms with Crippen molar-refractivity contribution < 1.29 is 9.47 Å². The van der Waals surface area contributed by atoms with E-state index < -0.39 is 0 Å². The van der Waals surface area contributed by atoms with Crippen molar-refractivity contribution in [3.63, 3.8) is 0 Å². The van der Waals surface area contributed by atoms with E-state index in [9.17, 15) is 0 Å². The predicted octanol–water partition coefficient (Wildman–Crippen LogP) is 0.152. The maximum absolute atomic E-state index is 5.49. The highest BCUT2D eigenvalue weighted by Gasteiger charge is 2.14. The summed E-state index contributed by atoms with van der Waals surface area (Å²) in [6.45, 7) is 4.88. The Labute approximate surface area is 88.8 Å². The standard InChI is InChI=1S/C10H15N3O2/c1-8-2-3-12-10(13-8)15-7-9-6-11-4-5-14-9/h2-3,9,11H,4-7H2,1H3. The molecule has 0 spiro atoms. The molecule has 0 saturated carbocycles. The van der Waals surface area contributed by atoms with Crippen LogP contribution in [0, 0.1) is 6.92 Å². The van der Waals surface area contributed by atoms with Gasteiger partial charge < -0.3 is 14.8 Å². The van der Waals surface area contributed by atoms with Gasteiger partial charge in [-0.3, -0.25) is 0 Å². The summed E-state index contributed by atoms with van der Waals surface area (Å²) in [5.41, 5.74) is 0.905. The molecule has 1 aliphatic heterocycles. The molecule has 0 amide bonds. The molecule has 82 valence electrons. The molecule has 1 aromatic rings. The molecular formula is C10H15N3O2. The minimum atomic E-state index is 0.0999. The number of hydrogen-bond donors (Lipinski definition) is 1. The van der Waals surface area contributed by atoms with Crippen LogP contribution in [0.15, 0.2) is 12.3 Å². The fourth-order valence-electron chi connectivity index (χ4n) is 1.39. The quantitative estimate of drug-likeness (QED) is 0.768. The number of aromatic nitrogens is 2. The first kappa shape index (κ1) is 10.3. The van der Waals surface area contributed by atoms with Gasteiger partial charge in [0.25, 0.3) is 0 Å². The molecule has 1 N–H and O–H groups in total. The molecule has 0 bridgehead atoms. The zero-order valence-corrected chi connectivity index (χ0v) is 8.77. The van der Waals surface area contributed by atoms with Crippen LogP contribution in [0.3, 0.4) is 0 Å². The lowest BCUT2D eigenvalue weighted by molar-refractivity contribution is -0.00182. The lowest BCUT2D eigenvalue weighted by Gasteiger charge is -2.23. The number of morpholine rings is 1. The van der Waals surface area contributed by atoms with E-state index in [1.807, 2.05) is 13.0 Å². The maximum atomic E-state index is 5.49. The van der Waals surface area contributed by atoms with Crippen molar-refractivity contribution in [2.45, 2.75) is 13.0 Å². The molecule has 1 unspecified atom stereocenters. The van der Waals surface area contributed by atoms with E-state index in [-0.39, 0.29) is 6.10 Å². The topological polar surface area (TPSA) is 56.3 Å². The van der Waals surface area contributed by atoms with Gasteiger partial charge in [-0.2, -0.15) is 0 Å². The van der Waals surface area contributed by atoms with Gasteiger partial charge in [0.05, 0.1) is 6.61 Å². The summed E-state index contributed by atoms with van der Waals surface area (Å²) in [7, 11) is 0. The van der Waals surface area contributed by atoms with Crippen LogP contribution in [0.5, 0.6) is 6.01 Å². The van der Waals surface area contributed by atoms with E-state index >= 15 is 0 Å². The molecule has 1 aromatic heterocycles. The predicted molar refractivity (Wildman–Crippen MR) is 54.9 cm³/mol. The Balaban J connectivity index is 1.81. The minimum absolute atomic E-state index is 0.0999. The van der Waals surface area contributed by atoms with Gasteiger partial charge in [0.2, 0.25) is 0 Å². The third kappa shape index (κ3) is 3.14. The first-order valence-corrected chi connectivity index (χ1v) is 5.09. The highest BCUT2D eigenvalue weighted by Crippen LogP contribution is 2.04. The smallest absolute Gasteiger partial charge is 0.316 e. The summed E-state index contributed by atoms with van der Waals surface area (Å²) in [5.74, 6) is 0. The lowest BCUT2D eigenvalue weighted by Crippen LogP contribution is -2.41. The Morgan fingerprint density at radius 1 is 1.67 bits per heavy atom. The zero-order chi connectivity index (χ0) is 10.5. The van der Waals surface area contributed by atoms with Crippen LogP contribution in [0.25, 0.3) is 0 Å². The van der Waals surface area contributed by atoms with Crippen molar-refractivity contribution in [2.75, 3.05) is 26.3 Å². The van der Waals surface area contributed by atoms with Crippen LogP contribution < -0.4 is 10.1 Å². The highest BCUT2D eigenvalue weighted by atomic mass is 16.5. The molecule has 1 atom stereocenters. The van der Waals surface area contributed by atoms with Crippen LogP contribution >= 0.6 is 0 Å². The number of nitrogens with zero attached hydrogens (tertiary/aromatic N) is 2. The first-order chi connectivity index (χ1) is 7.34. The fraction of sp³-hybridized carbons (Fsp3) is 0.600. The van der Waals surface area contributed by atoms with Crippen LogP contribution in [-0.4, -0.2) is 42.4 Å². The molecule has 1 fully saturated rings. The van der Waals surface area contributed by atoms with Crippen LogP contribution in [0.2, 0.25) is 0 Å². The van der Waals surface area contributed by atoms with Gasteiger partial charge in [0, 0.05) is 25.0 Å². The molecule has 1 aliphatic rings. The Kier molecular flexibility index (Phi) is 3.47. The van der Waals surface area contributed by atoms with Gasteiger partial charge in [-0.05, 0) is 13.0 Å². The molecule has 0 aromatic carbocycles. The SMILES string of the molecule is Cc1ccnc(OCC2CNCCO2)n1. The number of ether oxygens (including phenoxy) is 2. The average molecular weight is 209 g/mol. The summed E-state index contributed by atoms with van der Waals surface area (Å²) >= 11 is 0. The molecular weight excluding hydrogens is 194 g/mol. The molecule has 0 radical (unpaired) electrons. The lowest BCUT2D eigenvalue weighted by atomic mass is 10.3. The largest absolute Gasteiger partial charge is 0.461 e. The van der Waals surface area contributed by atoms with E-state index in [0.29, 0.717) is 12.6 Å². The fourth-order valence-corrected chi connectivity index (χ4v) is 1.39. The Hall–Kier alpha value is -1.20. The van der Waals surface area contributed by atoms with Gasteiger partial charge in [-0.25, -0.2) is 9.97 Å². The zero-order valence-electron chi connectivity index (χ0n) is 8.77. The molecule has 2 rings (SSSR count). The minimum Gasteiger partial charge on any atom is -0.461 e. The summed E-state index contributed by atoms with van der Waals surface area (Å²) in [6.07, 6.45) is 1.79. The number of aryl methyl sites for hydroxylation is 1. The Morgan fingerprint density at radius 3 is 3.33 bits per heavy atom. The normalized spacial score (nSPS) is 21.3. The van der Waals surface area contributed by atoms with Crippen LogP contribution in [-0.2, 0) is 4.74 Å². The van der Waals surface area contributed by atoms with E-state index in [1.54, 1.807) is 6.20 Å². The van der Waals surface area contributed by atoms with Gasteiger partial charge in [0.15, 0.2) is 0 Å². The van der Waals surface area contributed by atoms with E-state index in [0.717, 1.165) is 25.4 Å². The average Bonchev–Trinajstić information content (AvgIpc) is 2.28. The van der Waals surface area contributed by atoms with Gasteiger partial charge in [-0.1, -0.05) is 0 Å². The van der Waals surface area contributed by atoms with E-state index in [1.165, 1.54) is 0 Å². The van der Waals surface area contributed by atoms with E-state index in [4.69, 9.17) is 9.47 Å². The molecule has 5 heteroatoms. The first-order valence-electron chi connectivity index (χ1n) is 5.09. The summed E-state index contributed by atoms with van der Waals surface area (Å²) in [4.78, 5) is 8.16. The van der Waals surface area contributed by atoms with E-state index in [2.05, 4.69) is 15.3 Å². The van der Waals surface area contributed by atoms with Crippen molar-refractivity contribution in [3.05, 3.63) is 18.0 Å². The summed E-state index contributed by atoms with van der Waals surface area (Å²) in [5, 5.41) is 3.24. The number of nitrogens with one attached hydrogen (secondary N) is 1. The maximum Gasteiger partial charge on any atom is 0.316 e. The van der Waals surface area contributed by atoms with Gasteiger partial charge in [-0.15, -0.1) is 0 Å². The Bertz CT molecular complexity index is 313. The van der Waals surface area contributed by atoms with Gasteiger partial charge in [0.1, 0.15) is 12.7 Å². The molecule has 15 heavy (non-hydrogen) atoms.